The van der Waals surface area contributed by atoms with Crippen LogP contribution in [0.1, 0.15) is 42.7 Å². The summed E-state index contributed by atoms with van der Waals surface area (Å²) in [6.07, 6.45) is 2.39. The summed E-state index contributed by atoms with van der Waals surface area (Å²) < 4.78 is 0. The van der Waals surface area contributed by atoms with E-state index in [1.165, 1.54) is 19.4 Å². The van der Waals surface area contributed by atoms with E-state index < -0.39 is 0 Å². The zero-order chi connectivity index (χ0) is 17.8. The third-order valence-corrected chi connectivity index (χ3v) is 5.12. The molecule has 1 aromatic heterocycles. The number of H-pyrrole nitrogens is 1. The molecule has 134 valence electrons. The van der Waals surface area contributed by atoms with Crippen molar-refractivity contribution in [3.05, 3.63) is 41.6 Å². The van der Waals surface area contributed by atoms with Crippen molar-refractivity contribution < 1.29 is 4.79 Å². The van der Waals surface area contributed by atoms with Crippen LogP contribution < -0.4 is 5.32 Å². The van der Waals surface area contributed by atoms with Crippen molar-refractivity contribution in [1.82, 2.24) is 20.4 Å². The van der Waals surface area contributed by atoms with Gasteiger partial charge in [-0.3, -0.25) is 9.89 Å². The van der Waals surface area contributed by atoms with Crippen molar-refractivity contribution in [2.45, 2.75) is 39.7 Å². The standard InChI is InChI=1S/C20H28N4O/c1-14(2)24-11-7-8-16(13-24)12-21-20(25)19-15(3)18(22-23-19)17-9-5-4-6-10-17/h4-6,9-10,14,16H,7-8,11-13H2,1-3H3,(H,21,25)(H,22,23). The molecule has 1 aliphatic heterocycles. The molecular weight excluding hydrogens is 312 g/mol. The molecule has 0 bridgehead atoms. The van der Waals surface area contributed by atoms with E-state index in [2.05, 4.69) is 34.3 Å². The minimum absolute atomic E-state index is 0.0612. The Morgan fingerprint density at radius 3 is 2.84 bits per heavy atom. The van der Waals surface area contributed by atoms with Gasteiger partial charge in [-0.15, -0.1) is 0 Å². The van der Waals surface area contributed by atoms with Gasteiger partial charge in [-0.2, -0.15) is 5.10 Å². The Morgan fingerprint density at radius 2 is 2.12 bits per heavy atom. The second-order valence-corrected chi connectivity index (χ2v) is 7.25. The lowest BCUT2D eigenvalue weighted by Crippen LogP contribution is -2.43. The van der Waals surface area contributed by atoms with Crippen molar-refractivity contribution >= 4 is 5.91 Å². The smallest absolute Gasteiger partial charge is 0.269 e. The van der Waals surface area contributed by atoms with Crippen LogP contribution in [0.4, 0.5) is 0 Å². The number of likely N-dealkylation sites (tertiary alicyclic amines) is 1. The van der Waals surface area contributed by atoms with Gasteiger partial charge in [0, 0.05) is 30.3 Å². The van der Waals surface area contributed by atoms with Crippen LogP contribution in [0.5, 0.6) is 0 Å². The lowest BCUT2D eigenvalue weighted by atomic mass is 9.97. The molecule has 5 nitrogen and oxygen atoms in total. The van der Waals surface area contributed by atoms with Crippen LogP contribution in [-0.2, 0) is 0 Å². The van der Waals surface area contributed by atoms with Gasteiger partial charge in [0.1, 0.15) is 5.69 Å². The number of nitrogens with one attached hydrogen (secondary N) is 2. The molecule has 1 amide bonds. The van der Waals surface area contributed by atoms with E-state index in [1.807, 2.05) is 37.3 Å². The van der Waals surface area contributed by atoms with Crippen molar-refractivity contribution in [2.24, 2.45) is 5.92 Å². The van der Waals surface area contributed by atoms with Gasteiger partial charge >= 0.3 is 0 Å². The Balaban J connectivity index is 1.62. The van der Waals surface area contributed by atoms with Gasteiger partial charge in [-0.05, 0) is 46.1 Å². The molecule has 25 heavy (non-hydrogen) atoms. The van der Waals surface area contributed by atoms with Crippen LogP contribution in [0.25, 0.3) is 11.3 Å². The molecule has 1 fully saturated rings. The van der Waals surface area contributed by atoms with Crippen molar-refractivity contribution in [1.29, 1.82) is 0 Å². The number of piperidine rings is 1. The molecule has 1 aliphatic rings. The van der Waals surface area contributed by atoms with E-state index in [1.54, 1.807) is 0 Å². The first kappa shape index (κ1) is 17.7. The summed E-state index contributed by atoms with van der Waals surface area (Å²) >= 11 is 0. The lowest BCUT2D eigenvalue weighted by Gasteiger charge is -2.35. The Morgan fingerprint density at radius 1 is 1.36 bits per heavy atom. The largest absolute Gasteiger partial charge is 0.350 e. The molecule has 0 spiro atoms. The average Bonchev–Trinajstić information content (AvgIpc) is 3.02. The first-order valence-electron chi connectivity index (χ1n) is 9.19. The molecule has 2 N–H and O–H groups in total. The molecule has 0 saturated carbocycles. The highest BCUT2D eigenvalue weighted by Crippen LogP contribution is 2.23. The second-order valence-electron chi connectivity index (χ2n) is 7.25. The summed E-state index contributed by atoms with van der Waals surface area (Å²) in [6.45, 7) is 9.38. The number of hydrogen-bond acceptors (Lipinski definition) is 3. The normalized spacial score (nSPS) is 18.5. The Labute approximate surface area is 149 Å². The van der Waals surface area contributed by atoms with Crippen LogP contribution >= 0.6 is 0 Å². The van der Waals surface area contributed by atoms with E-state index in [0.29, 0.717) is 17.7 Å². The molecule has 2 aromatic rings. The molecule has 1 unspecified atom stereocenters. The second kappa shape index (κ2) is 7.83. The van der Waals surface area contributed by atoms with Gasteiger partial charge in [0.05, 0.1) is 5.69 Å². The number of rotatable bonds is 5. The first-order valence-corrected chi connectivity index (χ1v) is 9.19. The van der Waals surface area contributed by atoms with Crippen molar-refractivity contribution in [2.75, 3.05) is 19.6 Å². The Bertz CT molecular complexity index is 708. The molecular formula is C20H28N4O. The van der Waals surface area contributed by atoms with Crippen LogP contribution in [0, 0.1) is 12.8 Å². The topological polar surface area (TPSA) is 61.0 Å². The van der Waals surface area contributed by atoms with E-state index in [9.17, 15) is 4.79 Å². The molecule has 0 radical (unpaired) electrons. The number of aromatic nitrogens is 2. The maximum atomic E-state index is 12.6. The van der Waals surface area contributed by atoms with E-state index in [-0.39, 0.29) is 5.91 Å². The third-order valence-electron chi connectivity index (χ3n) is 5.12. The SMILES string of the molecule is Cc1c(-c2ccccc2)n[nH]c1C(=O)NCC1CCCN(C(C)C)C1. The highest BCUT2D eigenvalue weighted by atomic mass is 16.1. The molecule has 0 aliphatic carbocycles. The van der Waals surface area contributed by atoms with E-state index in [4.69, 9.17) is 0 Å². The zero-order valence-corrected chi connectivity index (χ0v) is 15.4. The van der Waals surface area contributed by atoms with Gasteiger partial charge in [0.25, 0.3) is 5.91 Å². The fourth-order valence-electron chi connectivity index (χ4n) is 3.55. The van der Waals surface area contributed by atoms with Crippen LogP contribution in [0.15, 0.2) is 30.3 Å². The molecule has 1 saturated heterocycles. The zero-order valence-electron chi connectivity index (χ0n) is 15.4. The fourth-order valence-corrected chi connectivity index (χ4v) is 3.55. The van der Waals surface area contributed by atoms with Gasteiger partial charge in [-0.1, -0.05) is 30.3 Å². The molecule has 2 heterocycles. The van der Waals surface area contributed by atoms with Crippen molar-refractivity contribution in [3.8, 4) is 11.3 Å². The van der Waals surface area contributed by atoms with Crippen molar-refractivity contribution in [3.63, 3.8) is 0 Å². The molecule has 5 heteroatoms. The number of aromatic amines is 1. The fraction of sp³-hybridized carbons (Fsp3) is 0.500. The highest BCUT2D eigenvalue weighted by Gasteiger charge is 2.23. The number of hydrogen-bond donors (Lipinski definition) is 2. The third kappa shape index (κ3) is 4.10. The van der Waals surface area contributed by atoms with Crippen LogP contribution in [-0.4, -0.2) is 46.7 Å². The number of nitrogens with zero attached hydrogens (tertiary/aromatic N) is 2. The number of amides is 1. The summed E-state index contributed by atoms with van der Waals surface area (Å²) in [7, 11) is 0. The molecule has 1 atom stereocenters. The van der Waals surface area contributed by atoms with Crippen LogP contribution in [0.3, 0.4) is 0 Å². The van der Waals surface area contributed by atoms with Gasteiger partial charge in [0.2, 0.25) is 0 Å². The summed E-state index contributed by atoms with van der Waals surface area (Å²) in [6, 6.07) is 10.5. The minimum atomic E-state index is -0.0612. The predicted octanol–water partition coefficient (Wildman–Crippen LogP) is 3.24. The average molecular weight is 340 g/mol. The van der Waals surface area contributed by atoms with Gasteiger partial charge in [0.15, 0.2) is 0 Å². The summed E-state index contributed by atoms with van der Waals surface area (Å²) in [5.41, 5.74) is 3.33. The highest BCUT2D eigenvalue weighted by molar-refractivity contribution is 5.95. The monoisotopic (exact) mass is 340 g/mol. The van der Waals surface area contributed by atoms with Crippen LogP contribution in [0.2, 0.25) is 0 Å². The molecule has 1 aromatic carbocycles. The summed E-state index contributed by atoms with van der Waals surface area (Å²) in [4.78, 5) is 15.1. The van der Waals surface area contributed by atoms with Gasteiger partial charge in [-0.25, -0.2) is 0 Å². The number of carbonyl (C=O) groups excluding carboxylic acids is 1. The summed E-state index contributed by atoms with van der Waals surface area (Å²) in [5, 5.41) is 10.4. The predicted molar refractivity (Wildman–Crippen MR) is 101 cm³/mol. The van der Waals surface area contributed by atoms with E-state index in [0.717, 1.165) is 29.9 Å². The lowest BCUT2D eigenvalue weighted by molar-refractivity contribution is 0.0917. The van der Waals surface area contributed by atoms with Gasteiger partial charge < -0.3 is 10.2 Å². The maximum absolute atomic E-state index is 12.6. The quantitative estimate of drug-likeness (QED) is 0.878. The minimum Gasteiger partial charge on any atom is -0.350 e. The summed E-state index contributed by atoms with van der Waals surface area (Å²) in [5.74, 6) is 0.464. The van der Waals surface area contributed by atoms with E-state index >= 15 is 0 Å². The maximum Gasteiger partial charge on any atom is 0.269 e. The number of carbonyl (C=O) groups is 1. The Hall–Kier alpha value is -2.14. The first-order chi connectivity index (χ1) is 12.1. The Kier molecular flexibility index (Phi) is 5.53. The number of benzene rings is 1. The molecule has 3 rings (SSSR count).